The molecule has 0 radical (unpaired) electrons. The minimum atomic E-state index is -0.625. The number of Topliss-reactive ketones (excluding diaryl/α,β-unsaturated/α-hetero) is 1. The summed E-state index contributed by atoms with van der Waals surface area (Å²) < 4.78 is 31.7. The number of benzene rings is 1. The summed E-state index contributed by atoms with van der Waals surface area (Å²) in [5.74, 6) is -1.10. The van der Waals surface area contributed by atoms with Gasteiger partial charge in [-0.2, -0.15) is 0 Å². The van der Waals surface area contributed by atoms with E-state index < -0.39 is 11.6 Å². The molecule has 2 heterocycles. The van der Waals surface area contributed by atoms with Crippen molar-refractivity contribution in [3.63, 3.8) is 0 Å². The Balaban J connectivity index is 1.48. The quantitative estimate of drug-likeness (QED) is 0.711. The maximum absolute atomic E-state index is 13.4. The number of piperazine rings is 1. The predicted molar refractivity (Wildman–Crippen MR) is 99.5 cm³/mol. The van der Waals surface area contributed by atoms with E-state index in [9.17, 15) is 18.4 Å². The molecule has 148 valence electrons. The number of hydrogen-bond acceptors (Lipinski definition) is 5. The van der Waals surface area contributed by atoms with E-state index >= 15 is 0 Å². The van der Waals surface area contributed by atoms with E-state index in [4.69, 9.17) is 4.74 Å². The fourth-order valence-corrected chi connectivity index (χ4v) is 3.12. The molecule has 1 saturated heterocycles. The number of hydrogen-bond donors (Lipinski definition) is 0. The van der Waals surface area contributed by atoms with Crippen molar-refractivity contribution >= 4 is 17.4 Å². The predicted octanol–water partition coefficient (Wildman–Crippen LogP) is 2.68. The number of pyridine rings is 1. The second-order valence-electron chi connectivity index (χ2n) is 6.51. The van der Waals surface area contributed by atoms with Gasteiger partial charge >= 0.3 is 0 Å². The highest BCUT2D eigenvalue weighted by molar-refractivity contribution is 5.97. The summed E-state index contributed by atoms with van der Waals surface area (Å²) in [5.41, 5.74) is 0.901. The van der Waals surface area contributed by atoms with Crippen LogP contribution >= 0.6 is 0 Å². The third-order valence-electron chi connectivity index (χ3n) is 4.68. The van der Waals surface area contributed by atoms with Gasteiger partial charge in [0.1, 0.15) is 11.6 Å². The van der Waals surface area contributed by atoms with Gasteiger partial charge in [0.2, 0.25) is 11.8 Å². The van der Waals surface area contributed by atoms with Crippen molar-refractivity contribution in [2.24, 2.45) is 0 Å². The van der Waals surface area contributed by atoms with E-state index in [-0.39, 0.29) is 24.5 Å². The normalized spacial score (nSPS) is 14.1. The zero-order valence-electron chi connectivity index (χ0n) is 15.5. The molecule has 1 fully saturated rings. The molecular formula is C20H21F2N3O3. The Hall–Kier alpha value is -3.03. The van der Waals surface area contributed by atoms with Crippen LogP contribution in [0.2, 0.25) is 0 Å². The number of carbonyl (C=O) groups is 2. The summed E-state index contributed by atoms with van der Waals surface area (Å²) in [6, 6.07) is 6.61. The highest BCUT2D eigenvalue weighted by Crippen LogP contribution is 2.20. The van der Waals surface area contributed by atoms with Crippen LogP contribution in [0.1, 0.15) is 23.2 Å². The second kappa shape index (κ2) is 8.77. The van der Waals surface area contributed by atoms with Crippen LogP contribution in [0, 0.1) is 11.6 Å². The van der Waals surface area contributed by atoms with E-state index in [2.05, 4.69) is 4.98 Å². The lowest BCUT2D eigenvalue weighted by atomic mass is 10.1. The summed E-state index contributed by atoms with van der Waals surface area (Å²) in [6.45, 7) is 1.83. The highest BCUT2D eigenvalue weighted by Gasteiger charge is 2.22. The zero-order valence-corrected chi connectivity index (χ0v) is 15.5. The van der Waals surface area contributed by atoms with Crippen molar-refractivity contribution in [2.75, 3.05) is 38.2 Å². The van der Waals surface area contributed by atoms with Crippen molar-refractivity contribution in [1.82, 2.24) is 9.88 Å². The molecule has 1 aromatic carbocycles. The van der Waals surface area contributed by atoms with Crippen molar-refractivity contribution in [3.8, 4) is 5.88 Å². The number of amides is 1. The van der Waals surface area contributed by atoms with Gasteiger partial charge < -0.3 is 14.5 Å². The van der Waals surface area contributed by atoms with Gasteiger partial charge in [-0.1, -0.05) is 0 Å². The van der Waals surface area contributed by atoms with Crippen LogP contribution in [0.4, 0.5) is 14.5 Å². The van der Waals surface area contributed by atoms with Gasteiger partial charge in [-0.05, 0) is 18.2 Å². The first-order valence-electron chi connectivity index (χ1n) is 8.98. The van der Waals surface area contributed by atoms with Crippen LogP contribution in [0.25, 0.3) is 0 Å². The Morgan fingerprint density at radius 2 is 1.71 bits per heavy atom. The summed E-state index contributed by atoms with van der Waals surface area (Å²) in [6.07, 6.45) is 1.64. The van der Waals surface area contributed by atoms with E-state index in [0.29, 0.717) is 43.3 Å². The van der Waals surface area contributed by atoms with E-state index in [1.165, 1.54) is 25.4 Å². The number of rotatable bonds is 6. The van der Waals surface area contributed by atoms with Crippen LogP contribution < -0.4 is 9.64 Å². The molecule has 0 N–H and O–H groups in total. The van der Waals surface area contributed by atoms with Gasteiger partial charge in [0.25, 0.3) is 0 Å². The lowest BCUT2D eigenvalue weighted by Gasteiger charge is -2.36. The molecule has 8 heteroatoms. The van der Waals surface area contributed by atoms with Crippen LogP contribution in [0.15, 0.2) is 36.5 Å². The molecular weight excluding hydrogens is 368 g/mol. The molecule has 1 aromatic heterocycles. The fraction of sp³-hybridized carbons (Fsp3) is 0.350. The first kappa shape index (κ1) is 19.7. The van der Waals surface area contributed by atoms with Gasteiger partial charge in [-0.25, -0.2) is 13.8 Å². The summed E-state index contributed by atoms with van der Waals surface area (Å²) in [4.78, 5) is 32.1. The molecule has 6 nitrogen and oxygen atoms in total. The first-order valence-corrected chi connectivity index (χ1v) is 8.98. The number of methoxy groups -OCH3 is 1. The maximum atomic E-state index is 13.4. The molecule has 0 aliphatic carbocycles. The van der Waals surface area contributed by atoms with Crippen LogP contribution in [0.5, 0.6) is 5.88 Å². The Labute approximate surface area is 161 Å². The molecule has 0 atom stereocenters. The van der Waals surface area contributed by atoms with Crippen molar-refractivity contribution < 1.29 is 23.1 Å². The van der Waals surface area contributed by atoms with Gasteiger partial charge in [-0.3, -0.25) is 9.59 Å². The second-order valence-corrected chi connectivity index (χ2v) is 6.51. The minimum absolute atomic E-state index is 0.0994. The lowest BCUT2D eigenvalue weighted by Crippen LogP contribution is -2.48. The van der Waals surface area contributed by atoms with E-state index in [1.54, 1.807) is 17.0 Å². The monoisotopic (exact) mass is 389 g/mol. The summed E-state index contributed by atoms with van der Waals surface area (Å²) in [5, 5.41) is 0. The molecule has 0 saturated carbocycles. The zero-order chi connectivity index (χ0) is 20.1. The molecule has 1 aliphatic heterocycles. The van der Waals surface area contributed by atoms with Gasteiger partial charge in [0.05, 0.1) is 7.11 Å². The fourth-order valence-electron chi connectivity index (χ4n) is 3.12. The average Bonchev–Trinajstić information content (AvgIpc) is 2.71. The molecule has 0 bridgehead atoms. The molecule has 28 heavy (non-hydrogen) atoms. The van der Waals surface area contributed by atoms with Gasteiger partial charge in [0, 0.05) is 68.6 Å². The number of nitrogens with zero attached hydrogens (tertiary/aromatic N) is 3. The van der Waals surface area contributed by atoms with Crippen LogP contribution in [-0.2, 0) is 4.79 Å². The van der Waals surface area contributed by atoms with Crippen molar-refractivity contribution in [1.29, 1.82) is 0 Å². The Kier molecular flexibility index (Phi) is 6.18. The third-order valence-corrected chi connectivity index (χ3v) is 4.68. The number of ether oxygens (including phenoxy) is 1. The Bertz CT molecular complexity index is 830. The topological polar surface area (TPSA) is 62.7 Å². The molecule has 0 spiro atoms. The molecule has 3 rings (SSSR count). The Morgan fingerprint density at radius 3 is 2.29 bits per heavy atom. The smallest absolute Gasteiger partial charge is 0.223 e. The van der Waals surface area contributed by atoms with Crippen LogP contribution in [-0.4, -0.2) is 54.9 Å². The number of aromatic nitrogens is 1. The van der Waals surface area contributed by atoms with E-state index in [0.717, 1.165) is 6.07 Å². The minimum Gasteiger partial charge on any atom is -0.481 e. The van der Waals surface area contributed by atoms with Gasteiger partial charge in [-0.15, -0.1) is 0 Å². The number of ketones is 1. The SMILES string of the molecule is COc1ccc(C(=O)CCC(=O)N2CCN(c3cc(F)cc(F)c3)CC2)cn1. The standard InChI is InChI=1S/C20H21F2N3O3/c1-28-19-4-2-14(13-23-19)18(26)3-5-20(27)25-8-6-24(7-9-25)17-11-15(21)10-16(22)12-17/h2,4,10-13H,3,5-9H2,1H3. The third kappa shape index (κ3) is 4.82. The Morgan fingerprint density at radius 1 is 1.04 bits per heavy atom. The average molecular weight is 389 g/mol. The van der Waals surface area contributed by atoms with Crippen molar-refractivity contribution in [2.45, 2.75) is 12.8 Å². The number of carbonyl (C=O) groups excluding carboxylic acids is 2. The molecule has 0 unspecified atom stereocenters. The molecule has 1 aliphatic rings. The van der Waals surface area contributed by atoms with Crippen molar-refractivity contribution in [3.05, 3.63) is 53.7 Å². The van der Waals surface area contributed by atoms with E-state index in [1.807, 2.05) is 4.90 Å². The highest BCUT2D eigenvalue weighted by atomic mass is 19.1. The largest absolute Gasteiger partial charge is 0.481 e. The first-order chi connectivity index (χ1) is 13.5. The summed E-state index contributed by atoms with van der Waals surface area (Å²) >= 11 is 0. The maximum Gasteiger partial charge on any atom is 0.223 e. The molecule has 1 amide bonds. The van der Waals surface area contributed by atoms with Crippen LogP contribution in [0.3, 0.4) is 0 Å². The summed E-state index contributed by atoms with van der Waals surface area (Å²) in [7, 11) is 1.49. The molecule has 2 aromatic rings. The number of halogens is 2. The van der Waals surface area contributed by atoms with Gasteiger partial charge in [0.15, 0.2) is 5.78 Å². The number of anilines is 1. The lowest BCUT2D eigenvalue weighted by molar-refractivity contribution is -0.131.